The average molecular weight is 1750 g/mol. The van der Waals surface area contributed by atoms with Crippen molar-refractivity contribution in [3.05, 3.63) is 133 Å². The molecule has 0 aliphatic heterocycles. The number of halogens is 7. The molecule has 4 heterocycles. The lowest BCUT2D eigenvalue weighted by atomic mass is 10.2. The number of carbonyl (C=O) groups excluding carboxylic acids is 3. The molecular weight excluding hydrogens is 1660 g/mol. The fourth-order valence-corrected chi connectivity index (χ4v) is 14.4. The molecule has 7 aromatic rings. The van der Waals surface area contributed by atoms with Crippen molar-refractivity contribution in [2.75, 3.05) is 120 Å². The lowest BCUT2D eigenvalue weighted by Gasteiger charge is -2.19. The van der Waals surface area contributed by atoms with Crippen LogP contribution in [-0.4, -0.2) is 162 Å². The summed E-state index contributed by atoms with van der Waals surface area (Å²) in [4.78, 5) is 66.6. The van der Waals surface area contributed by atoms with Crippen molar-refractivity contribution in [2.45, 2.75) is 118 Å². The minimum atomic E-state index is -0.421. The van der Waals surface area contributed by atoms with Gasteiger partial charge in [0, 0.05) is 85.7 Å². The summed E-state index contributed by atoms with van der Waals surface area (Å²) in [6.07, 6.45) is 9.82. The van der Waals surface area contributed by atoms with Crippen LogP contribution in [0.25, 0.3) is 0 Å². The number of aromatic nitrogens is 8. The third kappa shape index (κ3) is 48.4. The summed E-state index contributed by atoms with van der Waals surface area (Å²) in [5.41, 5.74) is 11.9. The third-order valence-electron chi connectivity index (χ3n) is 11.6. The predicted molar refractivity (Wildman–Crippen MR) is 462 cm³/mol. The van der Waals surface area contributed by atoms with Crippen LogP contribution in [0.5, 0.6) is 17.2 Å². The number of nitrogens with zero attached hydrogens (tertiary/aromatic N) is 8. The highest BCUT2D eigenvalue weighted by atomic mass is 35.5. The minimum absolute atomic E-state index is 0.101. The van der Waals surface area contributed by atoms with E-state index in [9.17, 15) is 14.4 Å². The highest BCUT2D eigenvalue weighted by Crippen LogP contribution is 2.31. The molecule has 0 unspecified atom stereocenters. The topological polar surface area (TPSA) is 322 Å². The van der Waals surface area contributed by atoms with Crippen LogP contribution >= 0.6 is 159 Å². The fourth-order valence-electron chi connectivity index (χ4n) is 7.30. The van der Waals surface area contributed by atoms with Gasteiger partial charge in [-0.15, -0.1) is 0 Å². The van der Waals surface area contributed by atoms with Crippen molar-refractivity contribution in [2.24, 2.45) is 5.73 Å². The number of nitrogen functional groups attached to an aromatic ring is 1. The molecule has 3 aromatic carbocycles. The Balaban J connectivity index is 0.000000458. The monoisotopic (exact) mass is 1750 g/mol. The lowest BCUT2D eigenvalue weighted by molar-refractivity contribution is -0.155. The van der Waals surface area contributed by atoms with E-state index < -0.39 is 11.2 Å². The number of hydrogen-bond donors (Lipinski definition) is 8. The third-order valence-corrected chi connectivity index (χ3v) is 21.2. The largest absolute Gasteiger partial charge is 0.495 e. The van der Waals surface area contributed by atoms with Gasteiger partial charge in [0.2, 0.25) is 22.5 Å². The van der Waals surface area contributed by atoms with Crippen LogP contribution < -0.4 is 52.3 Å². The molecule has 0 fully saturated rings. The summed E-state index contributed by atoms with van der Waals surface area (Å²) < 4.78 is 31.3. The number of anilines is 8. The molecule has 9 N–H and O–H groups in total. The first-order valence-electron chi connectivity index (χ1n) is 33.0. The average Bonchev–Trinajstić information content (AvgIpc) is 0.854. The van der Waals surface area contributed by atoms with E-state index in [-0.39, 0.29) is 39.2 Å². The van der Waals surface area contributed by atoms with Gasteiger partial charge in [-0.2, -0.15) is 27.6 Å². The van der Waals surface area contributed by atoms with Crippen LogP contribution in [0.2, 0.25) is 35.8 Å². The van der Waals surface area contributed by atoms with E-state index in [0.29, 0.717) is 106 Å². The number of methoxy groups -OCH3 is 3. The maximum Gasteiger partial charge on any atom is 0.306 e. The van der Waals surface area contributed by atoms with Gasteiger partial charge in [0.1, 0.15) is 54.9 Å². The van der Waals surface area contributed by atoms with E-state index in [1.807, 2.05) is 129 Å². The molecule has 0 bridgehead atoms. The van der Waals surface area contributed by atoms with Gasteiger partial charge in [-0.25, -0.2) is 24.9 Å². The molecule has 0 atom stereocenters. The number of esters is 3. The summed E-state index contributed by atoms with van der Waals surface area (Å²) in [5, 5.41) is 17.8. The van der Waals surface area contributed by atoms with Gasteiger partial charge < -0.3 is 66.5 Å². The molecule has 0 aliphatic rings. The zero-order chi connectivity index (χ0) is 79.6. The van der Waals surface area contributed by atoms with E-state index in [1.165, 1.54) is 12.4 Å². The van der Waals surface area contributed by atoms with Crippen LogP contribution in [0.15, 0.2) is 97.6 Å². The Hall–Kier alpha value is -4.97. The fraction of sp³-hybridized carbons (Fsp3) is 0.464. The number of hydrogen-bond acceptors (Lipinski definition) is 31. The summed E-state index contributed by atoms with van der Waals surface area (Å²) in [5.74, 6) is 10.5. The van der Waals surface area contributed by atoms with Crippen molar-refractivity contribution >= 4 is 223 Å². The Labute approximate surface area is 693 Å². The standard InChI is InChI=1S/C21H29ClN4O3S2.C14H21Cl2N3O2S2.C13H15ClN4OS.C10H21NO2S2.C7H9NO.C4HCl3N2/c1-21(2,3)29-18(27)10-7-12-30-31-13-11-23-19-15(22)14-24-20(26-19)25-16-8-5-6-9-17(16)28-4;1-14(2,3)21-11(20)5-4-7-22-23-8-6-17-12-10(15)9-18-13(16)19-12;1-19-11-5-3-2-4-10(11)17-13-16-8-9(14)12(18-13)15-6-7-20;1-10(2,3)13-9(12)5-4-7-14-15-8-6-11;1-9-7-5-3-2-4-6(7)8;5-2-1-8-4(7)9-3(2)6/h5-6,8-9,14H,7,10-13H2,1-4H3,(H2,23,24,25,26);9H,4-8H2,1-3H3,(H,17,18,19);2-5,8,20H,6-7H2,1H3,(H2,15,16,17,18);4-8,11H2,1-3H3;2-5H,8H2,1H3;1H. The number of benzene rings is 3. The van der Waals surface area contributed by atoms with E-state index in [2.05, 4.69) is 79.1 Å². The molecule has 107 heavy (non-hydrogen) atoms. The molecule has 24 nitrogen and oxygen atoms in total. The van der Waals surface area contributed by atoms with Gasteiger partial charge in [-0.1, -0.05) is 159 Å². The predicted octanol–water partition coefficient (Wildman–Crippen LogP) is 19.9. The van der Waals surface area contributed by atoms with Gasteiger partial charge in [-0.05, 0) is 141 Å². The van der Waals surface area contributed by atoms with Gasteiger partial charge in [0.05, 0.1) is 68.2 Å². The van der Waals surface area contributed by atoms with Crippen molar-refractivity contribution in [1.82, 2.24) is 39.9 Å². The van der Waals surface area contributed by atoms with Crippen LogP contribution in [0, 0.1) is 0 Å². The SMILES string of the molecule is CC(C)(C)OC(=O)CCCSSCCN.CC(C)(C)OC(=O)CCCSSCCNc1nc(Cl)ncc1Cl.COc1ccccc1N.COc1ccccc1Nc1ncc(Cl)c(NCCS)n1.COc1ccccc1Nc1ncc(Cl)c(NCCSSCCCC(=O)OC(C)(C)C)n1.Clc1ncc(Cl)c(Cl)n1. The van der Waals surface area contributed by atoms with Crippen LogP contribution in [0.3, 0.4) is 0 Å². The van der Waals surface area contributed by atoms with Gasteiger partial charge >= 0.3 is 17.9 Å². The number of ether oxygens (including phenoxy) is 6. The molecule has 0 spiro atoms. The number of thiol groups is 1. The van der Waals surface area contributed by atoms with Gasteiger partial charge in [0.15, 0.2) is 16.8 Å². The van der Waals surface area contributed by atoms with Crippen LogP contribution in [0.4, 0.5) is 46.4 Å². The summed E-state index contributed by atoms with van der Waals surface area (Å²) in [6, 6.07) is 22.5. The Kier molecular flexibility index (Phi) is 51.6. The van der Waals surface area contributed by atoms with Crippen LogP contribution in [0.1, 0.15) is 101 Å². The number of carbonyl (C=O) groups is 3. The number of nitrogens with one attached hydrogen (secondary N) is 5. The molecule has 592 valence electrons. The zero-order valence-corrected chi connectivity index (χ0v) is 72.8. The number of nitrogens with two attached hydrogens (primary N) is 2. The van der Waals surface area contributed by atoms with Crippen molar-refractivity contribution in [3.63, 3.8) is 0 Å². The second-order valence-corrected chi connectivity index (χ2v) is 35.3. The number of rotatable bonds is 35. The van der Waals surface area contributed by atoms with Crippen molar-refractivity contribution in [3.8, 4) is 17.2 Å². The van der Waals surface area contributed by atoms with Crippen molar-refractivity contribution < 1.29 is 42.8 Å². The highest BCUT2D eigenvalue weighted by Gasteiger charge is 2.19. The van der Waals surface area contributed by atoms with Crippen LogP contribution in [-0.2, 0) is 28.6 Å². The smallest absolute Gasteiger partial charge is 0.306 e. The Bertz CT molecular complexity index is 3700. The first kappa shape index (κ1) is 98.1. The molecule has 0 aliphatic carbocycles. The number of para-hydroxylation sites is 6. The minimum Gasteiger partial charge on any atom is -0.495 e. The highest BCUT2D eigenvalue weighted by molar-refractivity contribution is 8.77. The van der Waals surface area contributed by atoms with E-state index in [1.54, 1.807) is 105 Å². The lowest BCUT2D eigenvalue weighted by Crippen LogP contribution is -2.23. The first-order valence-corrected chi connectivity index (χ1v) is 43.7. The van der Waals surface area contributed by atoms with Gasteiger partial charge in [0.25, 0.3) is 0 Å². The molecule has 7 rings (SSSR count). The summed E-state index contributed by atoms with van der Waals surface area (Å²) >= 11 is 44.3. The molecule has 4 aromatic heterocycles. The second-order valence-electron chi connectivity index (χ2n) is 24.1. The van der Waals surface area contributed by atoms with Crippen molar-refractivity contribution in [1.29, 1.82) is 0 Å². The zero-order valence-electron chi connectivity index (χ0n) is 61.7. The van der Waals surface area contributed by atoms with E-state index >= 15 is 0 Å². The molecule has 0 amide bonds. The first-order chi connectivity index (χ1) is 50.8. The molecule has 38 heteroatoms. The van der Waals surface area contributed by atoms with E-state index in [4.69, 9.17) is 121 Å². The molecular formula is C69H96Cl7N15O9S7. The Morgan fingerprint density at radius 3 is 1.13 bits per heavy atom. The Morgan fingerprint density at radius 2 is 0.776 bits per heavy atom. The quantitative estimate of drug-likeness (QED) is 0.00267. The van der Waals surface area contributed by atoms with E-state index in [0.717, 1.165) is 83.2 Å². The second kappa shape index (κ2) is 56.3. The normalized spacial score (nSPS) is 10.7. The summed E-state index contributed by atoms with van der Waals surface area (Å²) in [6.45, 7) is 19.7. The maximum atomic E-state index is 11.7. The Morgan fingerprint density at radius 1 is 0.439 bits per heavy atom. The summed E-state index contributed by atoms with van der Waals surface area (Å²) in [7, 11) is 15.3. The van der Waals surface area contributed by atoms with Gasteiger partial charge in [-0.3, -0.25) is 14.4 Å². The molecule has 0 radical (unpaired) electrons. The molecule has 0 saturated heterocycles. The maximum absolute atomic E-state index is 11.7. The molecule has 0 saturated carbocycles.